The molecule has 1 N–H and O–H groups in total. The van der Waals surface area contributed by atoms with Crippen LogP contribution in [0.2, 0.25) is 0 Å². The van der Waals surface area contributed by atoms with Gasteiger partial charge in [-0.15, -0.1) is 0 Å². The van der Waals surface area contributed by atoms with Gasteiger partial charge in [-0.05, 0) is 41.5 Å². The van der Waals surface area contributed by atoms with Gasteiger partial charge in [0.2, 0.25) is 0 Å². The minimum atomic E-state index is -0.972. The molecule has 3 aromatic rings. The Morgan fingerprint density at radius 3 is 2.90 bits per heavy atom. The summed E-state index contributed by atoms with van der Waals surface area (Å²) < 4.78 is 0. The molecule has 0 saturated heterocycles. The highest BCUT2D eigenvalue weighted by Crippen LogP contribution is 2.26. The summed E-state index contributed by atoms with van der Waals surface area (Å²) in [6.07, 6.45) is 7.84. The summed E-state index contributed by atoms with van der Waals surface area (Å²) in [6, 6.07) is 11.6. The summed E-state index contributed by atoms with van der Waals surface area (Å²) in [6.45, 7) is 0. The second-order valence-electron chi connectivity index (χ2n) is 4.55. The van der Waals surface area contributed by atoms with Crippen LogP contribution < -0.4 is 0 Å². The minimum absolute atomic E-state index is 0.815. The highest BCUT2D eigenvalue weighted by Gasteiger charge is 2.05. The fourth-order valence-corrected chi connectivity index (χ4v) is 2.20. The number of hydrogen-bond donors (Lipinski definition) is 1. The molecular formula is C17H12N2O2. The first-order valence-electron chi connectivity index (χ1n) is 6.44. The molecule has 2 heterocycles. The number of benzene rings is 1. The van der Waals surface area contributed by atoms with Gasteiger partial charge in [0.1, 0.15) is 0 Å². The van der Waals surface area contributed by atoms with E-state index in [1.54, 1.807) is 30.7 Å². The van der Waals surface area contributed by atoms with Crippen molar-refractivity contribution in [2.75, 3.05) is 0 Å². The number of hydrogen-bond acceptors (Lipinski definition) is 3. The second-order valence-corrected chi connectivity index (χ2v) is 4.55. The van der Waals surface area contributed by atoms with E-state index >= 15 is 0 Å². The molecule has 2 aromatic heterocycles. The molecule has 0 fully saturated rings. The topological polar surface area (TPSA) is 63.1 Å². The third-order valence-corrected chi connectivity index (χ3v) is 3.17. The molecule has 0 spiro atoms. The summed E-state index contributed by atoms with van der Waals surface area (Å²) in [5, 5.41) is 9.80. The normalized spacial score (nSPS) is 11.0. The van der Waals surface area contributed by atoms with E-state index in [1.165, 1.54) is 0 Å². The molecule has 0 aliphatic carbocycles. The Balaban J connectivity index is 2.12. The van der Waals surface area contributed by atoms with Crippen LogP contribution in [0.5, 0.6) is 0 Å². The van der Waals surface area contributed by atoms with Crippen LogP contribution in [0.1, 0.15) is 5.56 Å². The van der Waals surface area contributed by atoms with Crippen LogP contribution in [0.3, 0.4) is 0 Å². The Bertz CT molecular complexity index is 841. The first-order valence-corrected chi connectivity index (χ1v) is 6.44. The van der Waals surface area contributed by atoms with Crippen molar-refractivity contribution in [3.63, 3.8) is 0 Å². The molecule has 21 heavy (non-hydrogen) atoms. The molecule has 0 saturated carbocycles. The molecule has 0 aliphatic rings. The molecule has 0 bridgehead atoms. The minimum Gasteiger partial charge on any atom is -0.478 e. The number of carboxylic acid groups (broad SMARTS) is 1. The van der Waals surface area contributed by atoms with Gasteiger partial charge in [0.05, 0.1) is 5.52 Å². The van der Waals surface area contributed by atoms with E-state index in [1.807, 2.05) is 30.3 Å². The highest BCUT2D eigenvalue weighted by atomic mass is 16.4. The number of carbonyl (C=O) groups is 1. The first kappa shape index (κ1) is 13.0. The SMILES string of the molecule is O=C(O)C=Cc1ccncc1-c1ccc2ncccc2c1. The van der Waals surface area contributed by atoms with Crippen LogP contribution in [0, 0.1) is 0 Å². The summed E-state index contributed by atoms with van der Waals surface area (Å²) in [7, 11) is 0. The van der Waals surface area contributed by atoms with Gasteiger partial charge in [-0.2, -0.15) is 0 Å². The zero-order valence-corrected chi connectivity index (χ0v) is 11.1. The van der Waals surface area contributed by atoms with Gasteiger partial charge < -0.3 is 5.11 Å². The molecule has 0 aliphatic heterocycles. The molecule has 4 heteroatoms. The zero-order chi connectivity index (χ0) is 14.7. The Hall–Kier alpha value is -3.01. The number of aliphatic carboxylic acids is 1. The Labute approximate surface area is 121 Å². The lowest BCUT2D eigenvalue weighted by atomic mass is 10.00. The molecule has 3 rings (SSSR count). The van der Waals surface area contributed by atoms with E-state index < -0.39 is 5.97 Å². The maximum Gasteiger partial charge on any atom is 0.328 e. The van der Waals surface area contributed by atoms with Crippen LogP contribution in [-0.4, -0.2) is 21.0 Å². The summed E-state index contributed by atoms with van der Waals surface area (Å²) >= 11 is 0. The maximum atomic E-state index is 10.7. The fourth-order valence-electron chi connectivity index (χ4n) is 2.20. The number of aromatic nitrogens is 2. The lowest BCUT2D eigenvalue weighted by Crippen LogP contribution is -1.89. The average Bonchev–Trinajstić information content (AvgIpc) is 2.52. The van der Waals surface area contributed by atoms with Crippen molar-refractivity contribution in [1.82, 2.24) is 9.97 Å². The first-order chi connectivity index (χ1) is 10.2. The van der Waals surface area contributed by atoms with Gasteiger partial charge in [0.25, 0.3) is 0 Å². The molecule has 102 valence electrons. The van der Waals surface area contributed by atoms with Crippen molar-refractivity contribution in [3.05, 3.63) is 66.6 Å². The summed E-state index contributed by atoms with van der Waals surface area (Å²) in [4.78, 5) is 19.1. The van der Waals surface area contributed by atoms with Gasteiger partial charge in [-0.3, -0.25) is 9.97 Å². The van der Waals surface area contributed by atoms with Crippen molar-refractivity contribution >= 4 is 22.9 Å². The van der Waals surface area contributed by atoms with Gasteiger partial charge >= 0.3 is 5.97 Å². The van der Waals surface area contributed by atoms with Gasteiger partial charge in [-0.25, -0.2) is 4.79 Å². The highest BCUT2D eigenvalue weighted by molar-refractivity contribution is 5.89. The lowest BCUT2D eigenvalue weighted by molar-refractivity contribution is -0.131. The fraction of sp³-hybridized carbons (Fsp3) is 0. The van der Waals surface area contributed by atoms with Crippen molar-refractivity contribution in [2.24, 2.45) is 0 Å². The number of rotatable bonds is 3. The maximum absolute atomic E-state index is 10.7. The van der Waals surface area contributed by atoms with Crippen molar-refractivity contribution in [3.8, 4) is 11.1 Å². The van der Waals surface area contributed by atoms with E-state index in [-0.39, 0.29) is 0 Å². The molecule has 0 radical (unpaired) electrons. The van der Waals surface area contributed by atoms with Crippen LogP contribution in [-0.2, 0) is 4.79 Å². The van der Waals surface area contributed by atoms with E-state index in [2.05, 4.69) is 9.97 Å². The summed E-state index contributed by atoms with van der Waals surface area (Å²) in [5.74, 6) is -0.972. The van der Waals surface area contributed by atoms with Crippen molar-refractivity contribution < 1.29 is 9.90 Å². The molecule has 0 unspecified atom stereocenters. The second kappa shape index (κ2) is 5.54. The van der Waals surface area contributed by atoms with Crippen LogP contribution in [0.15, 0.2) is 61.1 Å². The zero-order valence-electron chi connectivity index (χ0n) is 11.1. The average molecular weight is 276 g/mol. The smallest absolute Gasteiger partial charge is 0.328 e. The van der Waals surface area contributed by atoms with Gasteiger partial charge in [0, 0.05) is 35.6 Å². The van der Waals surface area contributed by atoms with E-state index in [9.17, 15) is 4.79 Å². The van der Waals surface area contributed by atoms with Crippen LogP contribution >= 0.6 is 0 Å². The Morgan fingerprint density at radius 2 is 2.05 bits per heavy atom. The molecule has 0 amide bonds. The third kappa shape index (κ3) is 2.79. The predicted octanol–water partition coefficient (Wildman–Crippen LogP) is 3.39. The van der Waals surface area contributed by atoms with Gasteiger partial charge in [0.15, 0.2) is 0 Å². The number of carboxylic acids is 1. The molecule has 0 atom stereocenters. The summed E-state index contributed by atoms with van der Waals surface area (Å²) in [5.41, 5.74) is 3.61. The third-order valence-electron chi connectivity index (χ3n) is 3.17. The molecular weight excluding hydrogens is 264 g/mol. The van der Waals surface area contributed by atoms with E-state index in [4.69, 9.17) is 5.11 Å². The van der Waals surface area contributed by atoms with Crippen LogP contribution in [0.4, 0.5) is 0 Å². The Kier molecular flexibility index (Phi) is 3.43. The number of pyridine rings is 2. The standard InChI is InChI=1S/C17H12N2O2/c20-17(21)6-4-12-7-9-18-11-15(12)13-3-5-16-14(10-13)2-1-8-19-16/h1-11H,(H,20,21). The predicted molar refractivity (Wildman–Crippen MR) is 81.6 cm³/mol. The Morgan fingerprint density at radius 1 is 1.14 bits per heavy atom. The number of fused-ring (bicyclic) bond motifs is 1. The van der Waals surface area contributed by atoms with Crippen LogP contribution in [0.25, 0.3) is 28.1 Å². The van der Waals surface area contributed by atoms with Crippen molar-refractivity contribution in [2.45, 2.75) is 0 Å². The quantitative estimate of drug-likeness (QED) is 0.745. The largest absolute Gasteiger partial charge is 0.478 e. The lowest BCUT2D eigenvalue weighted by Gasteiger charge is -2.06. The molecule has 1 aromatic carbocycles. The van der Waals surface area contributed by atoms with E-state index in [0.29, 0.717) is 0 Å². The number of nitrogens with zero attached hydrogens (tertiary/aromatic N) is 2. The monoisotopic (exact) mass is 276 g/mol. The van der Waals surface area contributed by atoms with Gasteiger partial charge in [-0.1, -0.05) is 12.1 Å². The van der Waals surface area contributed by atoms with E-state index in [0.717, 1.165) is 33.7 Å². The van der Waals surface area contributed by atoms with Crippen molar-refractivity contribution in [1.29, 1.82) is 0 Å². The molecule has 4 nitrogen and oxygen atoms in total.